The van der Waals surface area contributed by atoms with Gasteiger partial charge in [-0.2, -0.15) is 5.21 Å². The lowest BCUT2D eigenvalue weighted by Gasteiger charge is -1.94. The summed E-state index contributed by atoms with van der Waals surface area (Å²) < 4.78 is 0. The minimum atomic E-state index is 0.534. The van der Waals surface area contributed by atoms with Crippen molar-refractivity contribution < 1.29 is 4.79 Å². The van der Waals surface area contributed by atoms with Crippen molar-refractivity contribution in [3.63, 3.8) is 0 Å². The van der Waals surface area contributed by atoms with Gasteiger partial charge in [-0.05, 0) is 10.8 Å². The minimum absolute atomic E-state index is 0.534. The molecule has 0 atom stereocenters. The van der Waals surface area contributed by atoms with E-state index in [9.17, 15) is 4.79 Å². The molecule has 0 fully saturated rings. The lowest BCUT2D eigenvalue weighted by molar-refractivity contribution is 0.570. The molecule has 1 aromatic heterocycles. The van der Waals surface area contributed by atoms with E-state index in [0.717, 1.165) is 11.1 Å². The highest BCUT2D eigenvalue weighted by atomic mass is 16.1. The maximum absolute atomic E-state index is 10.1. The van der Waals surface area contributed by atoms with E-state index in [1.54, 1.807) is 18.1 Å². The van der Waals surface area contributed by atoms with Crippen LogP contribution in [0.3, 0.4) is 0 Å². The molecular formula is C9H6N4O. The third-order valence-corrected chi connectivity index (χ3v) is 1.74. The van der Waals surface area contributed by atoms with Crippen molar-refractivity contribution in [1.29, 1.82) is 0 Å². The molecule has 2 aromatic rings. The van der Waals surface area contributed by atoms with Gasteiger partial charge in [-0.25, -0.2) is 4.79 Å². The monoisotopic (exact) mass is 186 g/mol. The molecule has 0 saturated heterocycles. The molecule has 5 nitrogen and oxygen atoms in total. The van der Waals surface area contributed by atoms with Gasteiger partial charge in [-0.3, -0.25) is 0 Å². The second-order valence-electron chi connectivity index (χ2n) is 2.62. The summed E-state index contributed by atoms with van der Waals surface area (Å²) in [4.78, 5) is 10.1. The molecule has 0 saturated carbocycles. The summed E-state index contributed by atoms with van der Waals surface area (Å²) in [6, 6.07) is 7.20. The van der Waals surface area contributed by atoms with Gasteiger partial charge in [0, 0.05) is 11.6 Å². The summed E-state index contributed by atoms with van der Waals surface area (Å²) >= 11 is 0. The van der Waals surface area contributed by atoms with Crippen LogP contribution in [0, 0.1) is 0 Å². The van der Waals surface area contributed by atoms with E-state index >= 15 is 0 Å². The smallest absolute Gasteiger partial charge is 0.204 e. The standard InChI is InChI=1S/C9H6N4O/c14-6-5-7-1-3-8(4-2-7)9-10-12-13-11-9/h1-5H,(H,10,11,12,13). The van der Waals surface area contributed by atoms with Crippen molar-refractivity contribution in [3.8, 4) is 11.4 Å². The topological polar surface area (TPSA) is 71.5 Å². The molecule has 68 valence electrons. The number of hydrogen-bond donors (Lipinski definition) is 1. The summed E-state index contributed by atoms with van der Waals surface area (Å²) in [5.74, 6) is 2.25. The molecule has 0 amide bonds. The van der Waals surface area contributed by atoms with Gasteiger partial charge < -0.3 is 0 Å². The SMILES string of the molecule is O=C=Cc1ccc(-c2nn[nH]n2)cc1. The highest BCUT2D eigenvalue weighted by Gasteiger charge is 2.00. The first kappa shape index (κ1) is 8.34. The second kappa shape index (κ2) is 3.64. The van der Waals surface area contributed by atoms with Gasteiger partial charge >= 0.3 is 0 Å². The highest BCUT2D eigenvalue weighted by molar-refractivity contribution is 5.75. The Hall–Kier alpha value is -2.26. The Morgan fingerprint density at radius 2 is 2.07 bits per heavy atom. The molecule has 0 aliphatic rings. The average Bonchev–Trinajstić information content (AvgIpc) is 2.72. The molecule has 5 heteroatoms. The number of benzene rings is 1. The average molecular weight is 186 g/mol. The fourth-order valence-electron chi connectivity index (χ4n) is 1.08. The number of aromatic nitrogens is 4. The zero-order valence-corrected chi connectivity index (χ0v) is 7.14. The molecule has 2 rings (SSSR count). The van der Waals surface area contributed by atoms with Crippen LogP contribution < -0.4 is 0 Å². The van der Waals surface area contributed by atoms with Crippen LogP contribution in [0.4, 0.5) is 0 Å². The third-order valence-electron chi connectivity index (χ3n) is 1.74. The summed E-state index contributed by atoms with van der Waals surface area (Å²) in [5, 5.41) is 13.5. The van der Waals surface area contributed by atoms with E-state index in [1.807, 2.05) is 12.1 Å². The third kappa shape index (κ3) is 1.57. The lowest BCUT2D eigenvalue weighted by Crippen LogP contribution is -1.81. The van der Waals surface area contributed by atoms with Crippen LogP contribution in [-0.2, 0) is 4.79 Å². The van der Waals surface area contributed by atoms with Gasteiger partial charge in [0.05, 0.1) is 0 Å². The van der Waals surface area contributed by atoms with E-state index in [2.05, 4.69) is 20.6 Å². The Balaban J connectivity index is 2.35. The predicted molar refractivity (Wildman–Crippen MR) is 49.8 cm³/mol. The number of tetrazole rings is 1. The summed E-state index contributed by atoms with van der Waals surface area (Å²) in [7, 11) is 0. The Labute approximate surface area is 79.5 Å². The molecular weight excluding hydrogens is 180 g/mol. The van der Waals surface area contributed by atoms with Crippen molar-refractivity contribution >= 4 is 12.0 Å². The van der Waals surface area contributed by atoms with Crippen LogP contribution in [0.25, 0.3) is 17.5 Å². The molecule has 0 spiro atoms. The number of nitrogens with zero attached hydrogens (tertiary/aromatic N) is 3. The molecule has 1 heterocycles. The molecule has 0 aliphatic heterocycles. The van der Waals surface area contributed by atoms with Gasteiger partial charge in [0.15, 0.2) is 0 Å². The molecule has 0 aliphatic carbocycles. The second-order valence-corrected chi connectivity index (χ2v) is 2.62. The van der Waals surface area contributed by atoms with Gasteiger partial charge in [-0.15, -0.1) is 10.2 Å². The zero-order chi connectivity index (χ0) is 9.80. The van der Waals surface area contributed by atoms with E-state index in [4.69, 9.17) is 0 Å². The number of rotatable bonds is 2. The quantitative estimate of drug-likeness (QED) is 0.701. The summed E-state index contributed by atoms with van der Waals surface area (Å²) in [6.07, 6.45) is 1.36. The Morgan fingerprint density at radius 3 is 2.64 bits per heavy atom. The fraction of sp³-hybridized carbons (Fsp3) is 0. The van der Waals surface area contributed by atoms with Crippen LogP contribution in [0.2, 0.25) is 0 Å². The van der Waals surface area contributed by atoms with Crippen molar-refractivity contribution in [3.05, 3.63) is 29.8 Å². The molecule has 0 radical (unpaired) electrons. The molecule has 14 heavy (non-hydrogen) atoms. The van der Waals surface area contributed by atoms with Crippen LogP contribution in [0.5, 0.6) is 0 Å². The molecule has 0 bridgehead atoms. The normalized spacial score (nSPS) is 9.43. The van der Waals surface area contributed by atoms with E-state index in [-0.39, 0.29) is 0 Å². The first-order valence-electron chi connectivity index (χ1n) is 3.95. The van der Waals surface area contributed by atoms with E-state index < -0.39 is 0 Å². The van der Waals surface area contributed by atoms with Crippen molar-refractivity contribution in [2.75, 3.05) is 0 Å². The molecule has 1 N–H and O–H groups in total. The first-order chi connectivity index (χ1) is 6.90. The van der Waals surface area contributed by atoms with Crippen molar-refractivity contribution in [2.45, 2.75) is 0 Å². The van der Waals surface area contributed by atoms with Gasteiger partial charge in [0.2, 0.25) is 5.82 Å². The maximum atomic E-state index is 10.1. The van der Waals surface area contributed by atoms with Gasteiger partial charge in [0.25, 0.3) is 0 Å². The van der Waals surface area contributed by atoms with Crippen LogP contribution in [0.15, 0.2) is 24.3 Å². The highest BCUT2D eigenvalue weighted by Crippen LogP contribution is 2.13. The number of carbonyl (C=O) groups excluding carboxylic acids is 1. The first-order valence-corrected chi connectivity index (χ1v) is 3.95. The number of aromatic amines is 1. The summed E-state index contributed by atoms with van der Waals surface area (Å²) in [5.41, 5.74) is 1.65. The van der Waals surface area contributed by atoms with Gasteiger partial charge in [-0.1, -0.05) is 24.3 Å². The molecule has 0 unspecified atom stereocenters. The lowest BCUT2D eigenvalue weighted by atomic mass is 10.1. The number of hydrogen-bond acceptors (Lipinski definition) is 4. The van der Waals surface area contributed by atoms with Crippen LogP contribution >= 0.6 is 0 Å². The number of H-pyrrole nitrogens is 1. The van der Waals surface area contributed by atoms with Gasteiger partial charge in [0.1, 0.15) is 5.94 Å². The Kier molecular flexibility index (Phi) is 2.17. The zero-order valence-electron chi connectivity index (χ0n) is 7.14. The maximum Gasteiger partial charge on any atom is 0.204 e. The summed E-state index contributed by atoms with van der Waals surface area (Å²) in [6.45, 7) is 0. The Bertz CT molecular complexity index is 454. The van der Waals surface area contributed by atoms with E-state index in [0.29, 0.717) is 5.82 Å². The van der Waals surface area contributed by atoms with Crippen LogP contribution in [-0.4, -0.2) is 26.6 Å². The predicted octanol–water partition coefficient (Wildman–Crippen LogP) is 0.712. The van der Waals surface area contributed by atoms with Crippen molar-refractivity contribution in [2.24, 2.45) is 0 Å². The molecule has 1 aromatic carbocycles. The van der Waals surface area contributed by atoms with E-state index in [1.165, 1.54) is 6.08 Å². The Morgan fingerprint density at radius 1 is 1.29 bits per heavy atom. The fourth-order valence-corrected chi connectivity index (χ4v) is 1.08. The van der Waals surface area contributed by atoms with Crippen LogP contribution in [0.1, 0.15) is 5.56 Å². The largest absolute Gasteiger partial charge is 0.233 e. The van der Waals surface area contributed by atoms with Crippen molar-refractivity contribution in [1.82, 2.24) is 20.6 Å². The number of nitrogens with one attached hydrogen (secondary N) is 1. The minimum Gasteiger partial charge on any atom is -0.233 e.